The van der Waals surface area contributed by atoms with Crippen molar-refractivity contribution in [1.29, 1.82) is 0 Å². The van der Waals surface area contributed by atoms with Crippen molar-refractivity contribution >= 4 is 28.4 Å². The lowest BCUT2D eigenvalue weighted by atomic mass is 9.88. The quantitative estimate of drug-likeness (QED) is 0.885. The number of anilines is 1. The number of carbonyl (C=O) groups excluding carboxylic acids is 2. The molecular weight excluding hydrogens is 312 g/mol. The van der Waals surface area contributed by atoms with Crippen LogP contribution < -0.4 is 11.1 Å². The Labute approximate surface area is 140 Å². The number of hydrogen-bond donors (Lipinski definition) is 2. The van der Waals surface area contributed by atoms with Gasteiger partial charge in [0.05, 0.1) is 5.69 Å². The van der Waals surface area contributed by atoms with E-state index >= 15 is 0 Å². The molecular formula is C16H24N4O2S. The number of rotatable bonds is 4. The third-order valence-corrected chi connectivity index (χ3v) is 5.84. The first-order valence-electron chi connectivity index (χ1n) is 8.44. The zero-order valence-electron chi connectivity index (χ0n) is 13.5. The molecule has 7 heteroatoms. The van der Waals surface area contributed by atoms with Gasteiger partial charge in [-0.2, -0.15) is 0 Å². The monoisotopic (exact) mass is 336 g/mol. The maximum Gasteiger partial charge on any atom is 0.315 e. The van der Waals surface area contributed by atoms with E-state index in [-0.39, 0.29) is 5.91 Å². The second-order valence-corrected chi connectivity index (χ2v) is 7.55. The van der Waals surface area contributed by atoms with Crippen LogP contribution in [0.2, 0.25) is 0 Å². The molecule has 3 N–H and O–H groups in total. The summed E-state index contributed by atoms with van der Waals surface area (Å²) < 4.78 is 0. The van der Waals surface area contributed by atoms with E-state index in [0.717, 1.165) is 30.9 Å². The molecule has 3 rings (SSSR count). The summed E-state index contributed by atoms with van der Waals surface area (Å²) in [5.41, 5.74) is 6.47. The highest BCUT2D eigenvalue weighted by Crippen LogP contribution is 2.34. The molecule has 1 unspecified atom stereocenters. The molecule has 2 atom stereocenters. The van der Waals surface area contributed by atoms with Gasteiger partial charge in [0.15, 0.2) is 5.13 Å². The lowest BCUT2D eigenvalue weighted by Crippen LogP contribution is -2.45. The van der Waals surface area contributed by atoms with Crippen molar-refractivity contribution in [3.8, 4) is 0 Å². The molecule has 1 aliphatic heterocycles. The van der Waals surface area contributed by atoms with Crippen LogP contribution in [-0.4, -0.2) is 34.4 Å². The molecule has 0 aromatic carbocycles. The number of primary amides is 1. The van der Waals surface area contributed by atoms with Gasteiger partial charge >= 0.3 is 6.03 Å². The first kappa shape index (κ1) is 16.2. The van der Waals surface area contributed by atoms with Crippen molar-refractivity contribution in [3.05, 3.63) is 10.6 Å². The third kappa shape index (κ3) is 3.49. The van der Waals surface area contributed by atoms with Crippen LogP contribution in [0.5, 0.6) is 0 Å². The molecule has 23 heavy (non-hydrogen) atoms. The summed E-state index contributed by atoms with van der Waals surface area (Å²) in [6, 6.07) is -0.982. The SMILES string of the molecule is CCCC1CCc2nc(NC(=O)[C@@H]3CCCN3C(N)=O)sc2C1. The highest BCUT2D eigenvalue weighted by atomic mass is 32.1. The number of likely N-dealkylation sites (tertiary alicyclic amines) is 1. The minimum atomic E-state index is -0.525. The predicted octanol–water partition coefficient (Wildman–Crippen LogP) is 2.53. The molecule has 2 aliphatic rings. The largest absolute Gasteiger partial charge is 0.351 e. The van der Waals surface area contributed by atoms with Gasteiger partial charge in [0, 0.05) is 11.4 Å². The zero-order chi connectivity index (χ0) is 16.4. The van der Waals surface area contributed by atoms with Gasteiger partial charge in [-0.15, -0.1) is 11.3 Å². The summed E-state index contributed by atoms with van der Waals surface area (Å²) in [5, 5.41) is 3.55. The number of thiazole rings is 1. The van der Waals surface area contributed by atoms with E-state index < -0.39 is 12.1 Å². The third-order valence-electron chi connectivity index (χ3n) is 4.81. The topological polar surface area (TPSA) is 88.3 Å². The number of hydrogen-bond acceptors (Lipinski definition) is 4. The molecule has 0 radical (unpaired) electrons. The van der Waals surface area contributed by atoms with E-state index in [2.05, 4.69) is 17.2 Å². The zero-order valence-corrected chi connectivity index (χ0v) is 14.3. The Morgan fingerprint density at radius 2 is 2.26 bits per heavy atom. The number of urea groups is 1. The number of amides is 3. The summed E-state index contributed by atoms with van der Waals surface area (Å²) in [4.78, 5) is 31.1. The number of aryl methyl sites for hydroxylation is 1. The Kier molecular flexibility index (Phi) is 4.84. The first-order chi connectivity index (χ1) is 11.1. The highest BCUT2D eigenvalue weighted by molar-refractivity contribution is 7.15. The van der Waals surface area contributed by atoms with Crippen molar-refractivity contribution < 1.29 is 9.59 Å². The van der Waals surface area contributed by atoms with Gasteiger partial charge in [-0.05, 0) is 38.0 Å². The number of aromatic nitrogens is 1. The molecule has 2 heterocycles. The van der Waals surface area contributed by atoms with Crippen LogP contribution >= 0.6 is 11.3 Å². The number of nitrogens with two attached hydrogens (primary N) is 1. The fourth-order valence-electron chi connectivity index (χ4n) is 3.64. The van der Waals surface area contributed by atoms with Crippen LogP contribution in [0.25, 0.3) is 0 Å². The summed E-state index contributed by atoms with van der Waals surface area (Å²) in [5.74, 6) is 0.578. The van der Waals surface area contributed by atoms with Crippen molar-refractivity contribution in [1.82, 2.24) is 9.88 Å². The minimum Gasteiger partial charge on any atom is -0.351 e. The van der Waals surface area contributed by atoms with E-state index in [1.54, 1.807) is 11.3 Å². The van der Waals surface area contributed by atoms with Gasteiger partial charge in [-0.25, -0.2) is 9.78 Å². The smallest absolute Gasteiger partial charge is 0.315 e. The Morgan fingerprint density at radius 3 is 3.00 bits per heavy atom. The Hall–Kier alpha value is -1.63. The van der Waals surface area contributed by atoms with Crippen molar-refractivity contribution in [2.75, 3.05) is 11.9 Å². The van der Waals surface area contributed by atoms with Crippen LogP contribution in [-0.2, 0) is 17.6 Å². The molecule has 0 spiro atoms. The van der Waals surface area contributed by atoms with Gasteiger partial charge in [0.2, 0.25) is 5.91 Å². The summed E-state index contributed by atoms with van der Waals surface area (Å²) >= 11 is 1.58. The van der Waals surface area contributed by atoms with Crippen LogP contribution in [0.3, 0.4) is 0 Å². The van der Waals surface area contributed by atoms with Gasteiger partial charge in [-0.1, -0.05) is 19.8 Å². The second kappa shape index (κ2) is 6.86. The number of nitrogens with zero attached hydrogens (tertiary/aromatic N) is 2. The maximum absolute atomic E-state index is 12.4. The van der Waals surface area contributed by atoms with E-state index in [0.29, 0.717) is 18.1 Å². The Balaban J connectivity index is 1.65. The molecule has 6 nitrogen and oxygen atoms in total. The average molecular weight is 336 g/mol. The summed E-state index contributed by atoms with van der Waals surface area (Å²) in [6.45, 7) is 2.78. The van der Waals surface area contributed by atoms with Crippen LogP contribution in [0.15, 0.2) is 0 Å². The molecule has 1 fully saturated rings. The van der Waals surface area contributed by atoms with E-state index in [1.165, 1.54) is 29.0 Å². The number of carbonyl (C=O) groups is 2. The number of nitrogens with one attached hydrogen (secondary N) is 1. The molecule has 3 amide bonds. The standard InChI is InChI=1S/C16H24N4O2S/c1-2-4-10-6-7-11-13(9-10)23-16(18-11)19-14(21)12-5-3-8-20(12)15(17)22/h10,12H,2-9H2,1H3,(H2,17,22)(H,18,19,21)/t10?,12-/m0/s1. The molecule has 1 saturated heterocycles. The predicted molar refractivity (Wildman–Crippen MR) is 90.5 cm³/mol. The van der Waals surface area contributed by atoms with Gasteiger partial charge in [-0.3, -0.25) is 4.79 Å². The van der Waals surface area contributed by atoms with Crippen molar-refractivity contribution in [2.45, 2.75) is 57.9 Å². The minimum absolute atomic E-state index is 0.169. The molecule has 1 aromatic heterocycles. The van der Waals surface area contributed by atoms with Gasteiger partial charge in [0.25, 0.3) is 0 Å². The molecule has 0 bridgehead atoms. The van der Waals surface area contributed by atoms with Gasteiger partial charge in [0.1, 0.15) is 6.04 Å². The Bertz CT molecular complexity index is 601. The van der Waals surface area contributed by atoms with Crippen molar-refractivity contribution in [2.24, 2.45) is 11.7 Å². The summed E-state index contributed by atoms with van der Waals surface area (Å²) in [6.07, 6.45) is 7.22. The first-order valence-corrected chi connectivity index (χ1v) is 9.25. The van der Waals surface area contributed by atoms with Gasteiger partial charge < -0.3 is 16.0 Å². The van der Waals surface area contributed by atoms with E-state index in [1.807, 2.05) is 0 Å². The number of fused-ring (bicyclic) bond motifs is 1. The molecule has 126 valence electrons. The fraction of sp³-hybridized carbons (Fsp3) is 0.688. The lowest BCUT2D eigenvalue weighted by molar-refractivity contribution is -0.119. The maximum atomic E-state index is 12.4. The van der Waals surface area contributed by atoms with Crippen molar-refractivity contribution in [3.63, 3.8) is 0 Å². The second-order valence-electron chi connectivity index (χ2n) is 6.47. The fourth-order valence-corrected chi connectivity index (χ4v) is 4.77. The molecule has 1 aromatic rings. The van der Waals surface area contributed by atoms with E-state index in [4.69, 9.17) is 5.73 Å². The normalized spacial score (nSPS) is 23.6. The van der Waals surface area contributed by atoms with Crippen LogP contribution in [0.4, 0.5) is 9.93 Å². The van der Waals surface area contributed by atoms with Crippen LogP contribution in [0.1, 0.15) is 49.6 Å². The molecule has 1 aliphatic carbocycles. The van der Waals surface area contributed by atoms with E-state index in [9.17, 15) is 9.59 Å². The molecule has 0 saturated carbocycles. The average Bonchev–Trinajstić information content (AvgIpc) is 3.12. The highest BCUT2D eigenvalue weighted by Gasteiger charge is 2.33. The Morgan fingerprint density at radius 1 is 1.43 bits per heavy atom. The summed E-state index contributed by atoms with van der Waals surface area (Å²) in [7, 11) is 0. The van der Waals surface area contributed by atoms with Crippen LogP contribution in [0, 0.1) is 5.92 Å². The lowest BCUT2D eigenvalue weighted by Gasteiger charge is -2.20.